The lowest BCUT2D eigenvalue weighted by Crippen LogP contribution is -2.57. The first-order valence-electron chi connectivity index (χ1n) is 6.22. The van der Waals surface area contributed by atoms with Crippen molar-refractivity contribution in [1.29, 1.82) is 0 Å². The second-order valence-corrected chi connectivity index (χ2v) is 6.87. The Kier molecular flexibility index (Phi) is 3.65. The largest absolute Gasteiger partial charge is 0.349 e. The zero-order valence-electron chi connectivity index (χ0n) is 11.3. The molecule has 2 bridgehead atoms. The van der Waals surface area contributed by atoms with E-state index < -0.39 is 15.5 Å². The number of ether oxygens (including phenoxy) is 2. The molecule has 0 saturated heterocycles. The Morgan fingerprint density at radius 3 is 1.95 bits per heavy atom. The molecular weight excluding hydrogens is 354 g/mol. The molecule has 3 rings (SSSR count). The summed E-state index contributed by atoms with van der Waals surface area (Å²) in [7, 11) is 2.94. The smallest absolute Gasteiger partial charge is 0.225 e. The molecule has 2 aliphatic carbocycles. The van der Waals surface area contributed by atoms with Crippen LogP contribution in [0.1, 0.15) is 5.56 Å². The Bertz CT molecular complexity index is 651. The molecule has 0 spiro atoms. The maximum absolute atomic E-state index is 6.88. The van der Waals surface area contributed by atoms with Crippen LogP contribution in [0.2, 0.25) is 0 Å². The van der Waals surface area contributed by atoms with E-state index in [1.165, 1.54) is 14.2 Å². The van der Waals surface area contributed by atoms with E-state index in [1.54, 1.807) is 6.08 Å². The Morgan fingerprint density at radius 1 is 0.905 bits per heavy atom. The topological polar surface area (TPSA) is 18.5 Å². The average molecular weight is 366 g/mol. The van der Waals surface area contributed by atoms with Crippen molar-refractivity contribution < 1.29 is 9.47 Å². The lowest BCUT2D eigenvalue weighted by atomic mass is 9.91. The van der Waals surface area contributed by atoms with Crippen LogP contribution in [-0.2, 0) is 9.47 Å². The van der Waals surface area contributed by atoms with Gasteiger partial charge < -0.3 is 9.47 Å². The standard InChI is InChI=1S/C15H12Cl4O2/c1-20-15(21-2)13(18)8-10(9-6-4-3-5-7-9)14(15,19)12(17)11(13)16/h3-8H,1-2H3/t13-,14-/m0/s1. The summed E-state index contributed by atoms with van der Waals surface area (Å²) >= 11 is 26.3. The van der Waals surface area contributed by atoms with E-state index >= 15 is 0 Å². The second-order valence-electron chi connectivity index (χ2n) is 4.95. The molecule has 0 aliphatic heterocycles. The third-order valence-corrected chi connectivity index (χ3v) is 6.56. The second kappa shape index (κ2) is 4.89. The predicted molar refractivity (Wildman–Crippen MR) is 87.1 cm³/mol. The van der Waals surface area contributed by atoms with Gasteiger partial charge in [-0.3, -0.25) is 0 Å². The van der Waals surface area contributed by atoms with Crippen molar-refractivity contribution in [3.05, 3.63) is 52.0 Å². The normalized spacial score (nSPS) is 33.5. The van der Waals surface area contributed by atoms with Crippen LogP contribution >= 0.6 is 46.4 Å². The van der Waals surface area contributed by atoms with Crippen molar-refractivity contribution in [1.82, 2.24) is 0 Å². The lowest BCUT2D eigenvalue weighted by Gasteiger charge is -2.41. The molecule has 1 aromatic rings. The minimum atomic E-state index is -1.40. The predicted octanol–water partition coefficient (Wildman–Crippen LogP) is 4.73. The van der Waals surface area contributed by atoms with Gasteiger partial charge in [-0.1, -0.05) is 53.5 Å². The molecular formula is C15H12Cl4O2. The summed E-state index contributed by atoms with van der Waals surface area (Å²) in [5, 5.41) is 0.454. The maximum atomic E-state index is 6.88. The van der Waals surface area contributed by atoms with Gasteiger partial charge in [0.15, 0.2) is 9.75 Å². The summed E-state index contributed by atoms with van der Waals surface area (Å²) in [6.45, 7) is 0. The number of methoxy groups -OCH3 is 2. The molecule has 0 saturated carbocycles. The van der Waals surface area contributed by atoms with Crippen molar-refractivity contribution in [2.24, 2.45) is 0 Å². The van der Waals surface area contributed by atoms with E-state index in [1.807, 2.05) is 30.3 Å². The van der Waals surface area contributed by atoms with Crippen LogP contribution in [0.3, 0.4) is 0 Å². The SMILES string of the molecule is COC1(OC)[C@]2(Cl)C(c3ccccc3)=C[C@]1(Cl)C(Cl)=C2Cl. The van der Waals surface area contributed by atoms with Crippen molar-refractivity contribution in [3.8, 4) is 0 Å². The molecule has 2 aliphatic rings. The minimum absolute atomic E-state index is 0.226. The fourth-order valence-electron chi connectivity index (χ4n) is 3.16. The lowest BCUT2D eigenvalue weighted by molar-refractivity contribution is -0.211. The highest BCUT2D eigenvalue weighted by Crippen LogP contribution is 2.70. The summed E-state index contributed by atoms with van der Waals surface area (Å²) in [5.41, 5.74) is 1.61. The van der Waals surface area contributed by atoms with Gasteiger partial charge in [0.05, 0.1) is 10.1 Å². The molecule has 2 nitrogen and oxygen atoms in total. The van der Waals surface area contributed by atoms with E-state index in [0.29, 0.717) is 0 Å². The first-order chi connectivity index (χ1) is 9.89. The number of halogens is 4. The zero-order chi connectivity index (χ0) is 15.5. The molecule has 0 aromatic heterocycles. The number of fused-ring (bicyclic) bond motifs is 2. The van der Waals surface area contributed by atoms with Crippen LogP contribution < -0.4 is 0 Å². The molecule has 0 radical (unpaired) electrons. The Labute approximate surface area is 143 Å². The van der Waals surface area contributed by atoms with Crippen molar-refractivity contribution in [3.63, 3.8) is 0 Å². The number of alkyl halides is 2. The van der Waals surface area contributed by atoms with Crippen LogP contribution in [0.25, 0.3) is 5.57 Å². The van der Waals surface area contributed by atoms with Crippen molar-refractivity contribution in [2.75, 3.05) is 14.2 Å². The monoisotopic (exact) mass is 364 g/mol. The van der Waals surface area contributed by atoms with Gasteiger partial charge in [0.1, 0.15) is 0 Å². The number of benzene rings is 1. The third kappa shape index (κ3) is 1.59. The van der Waals surface area contributed by atoms with Gasteiger partial charge in [0, 0.05) is 14.2 Å². The molecule has 2 atom stereocenters. The van der Waals surface area contributed by atoms with Gasteiger partial charge >= 0.3 is 0 Å². The van der Waals surface area contributed by atoms with Gasteiger partial charge in [0.25, 0.3) is 0 Å². The summed E-state index contributed by atoms with van der Waals surface area (Å²) in [5.74, 6) is -1.40. The number of hydrogen-bond acceptors (Lipinski definition) is 2. The molecule has 0 amide bonds. The average Bonchev–Trinajstić information content (AvgIpc) is 2.79. The van der Waals surface area contributed by atoms with Crippen LogP contribution in [0.15, 0.2) is 46.5 Å². The molecule has 6 heteroatoms. The van der Waals surface area contributed by atoms with Crippen molar-refractivity contribution >= 4 is 52.0 Å². The summed E-state index contributed by atoms with van der Waals surface area (Å²) in [6.07, 6.45) is 1.76. The Balaban J connectivity index is 2.28. The molecule has 0 heterocycles. The van der Waals surface area contributed by atoms with Gasteiger partial charge in [-0.05, 0) is 17.2 Å². The van der Waals surface area contributed by atoms with Crippen molar-refractivity contribution in [2.45, 2.75) is 15.5 Å². The van der Waals surface area contributed by atoms with Crippen LogP contribution in [0.4, 0.5) is 0 Å². The number of rotatable bonds is 3. The van der Waals surface area contributed by atoms with E-state index in [-0.39, 0.29) is 10.1 Å². The zero-order valence-corrected chi connectivity index (χ0v) is 14.3. The molecule has 0 fully saturated rings. The minimum Gasteiger partial charge on any atom is -0.349 e. The highest BCUT2D eigenvalue weighted by atomic mass is 35.5. The molecule has 0 unspecified atom stereocenters. The van der Waals surface area contributed by atoms with Crippen LogP contribution in [0.5, 0.6) is 0 Å². The first-order valence-corrected chi connectivity index (χ1v) is 7.73. The quantitative estimate of drug-likeness (QED) is 0.569. The fourth-order valence-corrected chi connectivity index (χ4v) is 5.07. The van der Waals surface area contributed by atoms with Gasteiger partial charge in [0.2, 0.25) is 5.79 Å². The Morgan fingerprint density at radius 2 is 1.48 bits per heavy atom. The van der Waals surface area contributed by atoms with E-state index in [4.69, 9.17) is 55.9 Å². The fraction of sp³-hybridized carbons (Fsp3) is 0.333. The summed E-state index contributed by atoms with van der Waals surface area (Å²) < 4.78 is 11.2. The Hall–Kier alpha value is -0.220. The molecule has 21 heavy (non-hydrogen) atoms. The highest BCUT2D eigenvalue weighted by molar-refractivity contribution is 6.55. The first kappa shape index (κ1) is 15.7. The van der Waals surface area contributed by atoms with E-state index in [0.717, 1.165) is 11.1 Å². The highest BCUT2D eigenvalue weighted by Gasteiger charge is 2.77. The van der Waals surface area contributed by atoms with Gasteiger partial charge in [-0.25, -0.2) is 0 Å². The maximum Gasteiger partial charge on any atom is 0.225 e. The van der Waals surface area contributed by atoms with Gasteiger partial charge in [-0.2, -0.15) is 0 Å². The van der Waals surface area contributed by atoms with Crippen LogP contribution in [-0.4, -0.2) is 29.8 Å². The molecule has 1 aromatic carbocycles. The summed E-state index contributed by atoms with van der Waals surface area (Å²) in [4.78, 5) is -2.56. The number of hydrogen-bond donors (Lipinski definition) is 0. The van der Waals surface area contributed by atoms with Crippen LogP contribution in [0, 0.1) is 0 Å². The third-order valence-electron chi connectivity index (χ3n) is 4.12. The molecule has 112 valence electrons. The van der Waals surface area contributed by atoms with E-state index in [2.05, 4.69) is 0 Å². The molecule has 0 N–H and O–H groups in total. The van der Waals surface area contributed by atoms with E-state index in [9.17, 15) is 0 Å². The summed E-state index contributed by atoms with van der Waals surface area (Å²) in [6, 6.07) is 9.57. The van der Waals surface area contributed by atoms with Gasteiger partial charge in [-0.15, -0.1) is 23.2 Å².